The maximum atomic E-state index is 13.0. The zero-order valence-electron chi connectivity index (χ0n) is 14.7. The number of pyridine rings is 1. The van der Waals surface area contributed by atoms with Crippen LogP contribution in [0.1, 0.15) is 23.3 Å². The van der Waals surface area contributed by atoms with Crippen molar-refractivity contribution in [3.8, 4) is 5.75 Å². The normalized spacial score (nSPS) is 27.3. The van der Waals surface area contributed by atoms with E-state index >= 15 is 0 Å². The summed E-state index contributed by atoms with van der Waals surface area (Å²) in [7, 11) is 0. The van der Waals surface area contributed by atoms with Gasteiger partial charge in [0.05, 0.1) is 6.10 Å². The molecule has 6 nitrogen and oxygen atoms in total. The first kappa shape index (κ1) is 17.7. The molecule has 1 saturated carbocycles. The van der Waals surface area contributed by atoms with Crippen molar-refractivity contribution in [2.45, 2.75) is 25.0 Å². The van der Waals surface area contributed by atoms with Gasteiger partial charge in [0, 0.05) is 25.0 Å². The molecule has 0 amide bonds. The predicted molar refractivity (Wildman–Crippen MR) is 96.4 cm³/mol. The highest BCUT2D eigenvalue weighted by Crippen LogP contribution is 2.39. The SMILES string of the molecule is O=C(O)c1cc(N2C[C@H]3C[C@@H](Oc4ccc(F)cc4)[C@H](O)C[C@H]3C2)ccn1. The molecule has 2 aromatic rings. The standard InChI is InChI=1S/C20H21FN2O4/c21-14-1-3-16(4-2-14)27-19-8-13-11-23(10-12(13)7-18(19)24)15-5-6-22-17(9-15)20(25)26/h1-6,9,12-13,18-19,24H,7-8,10-11H2,(H,25,26)/t12-,13+,18+,19+/m0/s1. The van der Waals surface area contributed by atoms with E-state index in [0.29, 0.717) is 30.4 Å². The third-order valence-corrected chi connectivity index (χ3v) is 5.51. The van der Waals surface area contributed by atoms with E-state index in [1.807, 2.05) is 6.07 Å². The van der Waals surface area contributed by atoms with Gasteiger partial charge in [0.2, 0.25) is 0 Å². The van der Waals surface area contributed by atoms with Crippen LogP contribution in [0.4, 0.5) is 10.1 Å². The zero-order chi connectivity index (χ0) is 19.0. The molecule has 1 aliphatic heterocycles. The number of hydrogen-bond acceptors (Lipinski definition) is 5. The predicted octanol–water partition coefficient (Wildman–Crippen LogP) is 2.57. The molecule has 2 fully saturated rings. The van der Waals surface area contributed by atoms with Crippen LogP contribution >= 0.6 is 0 Å². The molecule has 0 bridgehead atoms. The number of carboxylic acids is 1. The van der Waals surface area contributed by atoms with Crippen molar-refractivity contribution in [2.75, 3.05) is 18.0 Å². The van der Waals surface area contributed by atoms with E-state index in [2.05, 4.69) is 9.88 Å². The summed E-state index contributed by atoms with van der Waals surface area (Å²) in [4.78, 5) is 17.2. The molecule has 2 heterocycles. The van der Waals surface area contributed by atoms with E-state index in [4.69, 9.17) is 9.84 Å². The fourth-order valence-electron chi connectivity index (χ4n) is 4.15. The van der Waals surface area contributed by atoms with Gasteiger partial charge in [-0.2, -0.15) is 0 Å². The molecular formula is C20H21FN2O4. The Morgan fingerprint density at radius 1 is 1.15 bits per heavy atom. The van der Waals surface area contributed by atoms with Crippen molar-refractivity contribution < 1.29 is 24.1 Å². The van der Waals surface area contributed by atoms with Crippen LogP contribution in [0, 0.1) is 17.7 Å². The molecule has 27 heavy (non-hydrogen) atoms. The van der Waals surface area contributed by atoms with Crippen molar-refractivity contribution in [1.29, 1.82) is 0 Å². The maximum absolute atomic E-state index is 13.0. The molecule has 7 heteroatoms. The summed E-state index contributed by atoms with van der Waals surface area (Å²) in [6.45, 7) is 1.55. The van der Waals surface area contributed by atoms with Crippen LogP contribution in [0.3, 0.4) is 0 Å². The first-order valence-corrected chi connectivity index (χ1v) is 9.04. The minimum absolute atomic E-state index is 0.0277. The number of anilines is 1. The van der Waals surface area contributed by atoms with Gasteiger partial charge in [0.1, 0.15) is 23.4 Å². The Morgan fingerprint density at radius 2 is 1.85 bits per heavy atom. The third kappa shape index (κ3) is 3.73. The molecule has 4 rings (SSSR count). The molecular weight excluding hydrogens is 351 g/mol. The number of carbonyl (C=O) groups is 1. The molecule has 4 atom stereocenters. The number of carboxylic acid groups (broad SMARTS) is 1. The van der Waals surface area contributed by atoms with Crippen LogP contribution in [-0.2, 0) is 0 Å². The Balaban J connectivity index is 1.44. The summed E-state index contributed by atoms with van der Waals surface area (Å²) in [5, 5.41) is 19.6. The minimum Gasteiger partial charge on any atom is -0.488 e. The number of hydrogen-bond donors (Lipinski definition) is 2. The molecule has 1 saturated heterocycles. The summed E-state index contributed by atoms with van der Waals surface area (Å²) in [5.41, 5.74) is 0.863. The van der Waals surface area contributed by atoms with Gasteiger partial charge in [-0.15, -0.1) is 0 Å². The molecule has 142 valence electrons. The molecule has 0 unspecified atom stereocenters. The number of aliphatic hydroxyl groups excluding tert-OH is 1. The number of nitrogens with zero attached hydrogens (tertiary/aromatic N) is 2. The number of rotatable bonds is 4. The molecule has 0 radical (unpaired) electrons. The average molecular weight is 372 g/mol. The molecule has 1 aromatic heterocycles. The fourth-order valence-corrected chi connectivity index (χ4v) is 4.15. The van der Waals surface area contributed by atoms with Crippen LogP contribution < -0.4 is 9.64 Å². The van der Waals surface area contributed by atoms with E-state index in [9.17, 15) is 14.3 Å². The summed E-state index contributed by atoms with van der Waals surface area (Å²) in [6.07, 6.45) is 1.93. The van der Waals surface area contributed by atoms with Gasteiger partial charge in [0.25, 0.3) is 0 Å². The van der Waals surface area contributed by atoms with Gasteiger partial charge in [-0.3, -0.25) is 0 Å². The lowest BCUT2D eigenvalue weighted by Gasteiger charge is -2.35. The van der Waals surface area contributed by atoms with Crippen molar-refractivity contribution >= 4 is 11.7 Å². The van der Waals surface area contributed by atoms with Crippen LogP contribution in [0.25, 0.3) is 0 Å². The van der Waals surface area contributed by atoms with Crippen LogP contribution in [0.15, 0.2) is 42.6 Å². The second-order valence-electron chi connectivity index (χ2n) is 7.28. The molecule has 0 spiro atoms. The summed E-state index contributed by atoms with van der Waals surface area (Å²) in [6, 6.07) is 9.22. The van der Waals surface area contributed by atoms with Crippen LogP contribution in [0.2, 0.25) is 0 Å². The number of benzene rings is 1. The third-order valence-electron chi connectivity index (χ3n) is 5.51. The Morgan fingerprint density at radius 3 is 2.56 bits per heavy atom. The number of halogens is 1. The van der Waals surface area contributed by atoms with Crippen molar-refractivity contribution in [1.82, 2.24) is 4.98 Å². The lowest BCUT2D eigenvalue weighted by molar-refractivity contribution is -0.0231. The number of aliphatic hydroxyl groups is 1. The Bertz CT molecular complexity index is 829. The van der Waals surface area contributed by atoms with Crippen molar-refractivity contribution in [3.63, 3.8) is 0 Å². The molecule has 1 aromatic carbocycles. The van der Waals surface area contributed by atoms with E-state index in [1.54, 1.807) is 18.2 Å². The number of aromatic nitrogens is 1. The first-order chi connectivity index (χ1) is 13.0. The summed E-state index contributed by atoms with van der Waals surface area (Å²) in [5.74, 6) is -0.142. The molecule has 1 aliphatic carbocycles. The number of fused-ring (bicyclic) bond motifs is 1. The Kier molecular flexibility index (Phi) is 4.70. The maximum Gasteiger partial charge on any atom is 0.354 e. The lowest BCUT2D eigenvalue weighted by atomic mass is 9.78. The fraction of sp³-hybridized carbons (Fsp3) is 0.400. The van der Waals surface area contributed by atoms with E-state index < -0.39 is 12.1 Å². The second-order valence-corrected chi connectivity index (χ2v) is 7.28. The van der Waals surface area contributed by atoms with Crippen LogP contribution in [0.5, 0.6) is 5.75 Å². The van der Waals surface area contributed by atoms with Gasteiger partial charge in [-0.25, -0.2) is 14.2 Å². The highest BCUT2D eigenvalue weighted by molar-refractivity contribution is 5.86. The Hall–Kier alpha value is -2.67. The van der Waals surface area contributed by atoms with Gasteiger partial charge in [0.15, 0.2) is 0 Å². The largest absolute Gasteiger partial charge is 0.488 e. The van der Waals surface area contributed by atoms with Gasteiger partial charge >= 0.3 is 5.97 Å². The highest BCUT2D eigenvalue weighted by atomic mass is 19.1. The first-order valence-electron chi connectivity index (χ1n) is 9.04. The van der Waals surface area contributed by atoms with E-state index in [0.717, 1.165) is 18.8 Å². The smallest absolute Gasteiger partial charge is 0.354 e. The zero-order valence-corrected chi connectivity index (χ0v) is 14.7. The average Bonchev–Trinajstić information content (AvgIpc) is 3.06. The molecule has 2 N–H and O–H groups in total. The van der Waals surface area contributed by atoms with Crippen molar-refractivity contribution in [3.05, 3.63) is 54.1 Å². The van der Waals surface area contributed by atoms with E-state index in [1.165, 1.54) is 18.3 Å². The summed E-state index contributed by atoms with van der Waals surface area (Å²) < 4.78 is 18.9. The lowest BCUT2D eigenvalue weighted by Crippen LogP contribution is -2.42. The van der Waals surface area contributed by atoms with Crippen LogP contribution in [-0.4, -0.2) is 46.5 Å². The highest BCUT2D eigenvalue weighted by Gasteiger charge is 2.42. The number of aromatic carboxylic acids is 1. The van der Waals surface area contributed by atoms with E-state index in [-0.39, 0.29) is 17.6 Å². The second kappa shape index (κ2) is 7.15. The number of ether oxygens (including phenoxy) is 1. The summed E-state index contributed by atoms with van der Waals surface area (Å²) >= 11 is 0. The van der Waals surface area contributed by atoms with Gasteiger partial charge in [-0.1, -0.05) is 0 Å². The Labute approximate surface area is 156 Å². The monoisotopic (exact) mass is 372 g/mol. The topological polar surface area (TPSA) is 82.9 Å². The van der Waals surface area contributed by atoms with Crippen molar-refractivity contribution in [2.24, 2.45) is 11.8 Å². The minimum atomic E-state index is -1.04. The quantitative estimate of drug-likeness (QED) is 0.858. The van der Waals surface area contributed by atoms with Gasteiger partial charge < -0.3 is 19.8 Å². The molecule has 2 aliphatic rings. The van der Waals surface area contributed by atoms with Gasteiger partial charge in [-0.05, 0) is 61.1 Å².